The predicted octanol–water partition coefficient (Wildman–Crippen LogP) is 1.96. The summed E-state index contributed by atoms with van der Waals surface area (Å²) in [5.41, 5.74) is 1.31. The Kier molecular flexibility index (Phi) is 3.85. The van der Waals surface area contributed by atoms with Crippen LogP contribution in [0.15, 0.2) is 12.4 Å². The predicted molar refractivity (Wildman–Crippen MR) is 75.0 cm³/mol. The van der Waals surface area contributed by atoms with E-state index in [1.807, 2.05) is 19.4 Å². The Balaban J connectivity index is 2.02. The molecule has 0 radical (unpaired) electrons. The van der Waals surface area contributed by atoms with Crippen LogP contribution >= 0.6 is 0 Å². The average Bonchev–Trinajstić information content (AvgIpc) is 2.38. The van der Waals surface area contributed by atoms with Crippen LogP contribution in [-0.2, 0) is 5.41 Å². The largest absolute Gasteiger partial charge is 0.341 e. The van der Waals surface area contributed by atoms with Crippen LogP contribution in [0.4, 0.5) is 5.95 Å². The highest BCUT2D eigenvalue weighted by Crippen LogP contribution is 2.22. The molecule has 0 unspecified atom stereocenters. The summed E-state index contributed by atoms with van der Waals surface area (Å²) in [6, 6.07) is 0.648. The number of hydrogen-bond acceptors (Lipinski definition) is 4. The second-order valence-corrected chi connectivity index (χ2v) is 6.07. The Bertz CT molecular complexity index is 372. The lowest BCUT2D eigenvalue weighted by atomic mass is 9.89. The number of anilines is 1. The molecule has 1 fully saturated rings. The topological polar surface area (TPSA) is 41.0 Å². The van der Waals surface area contributed by atoms with Gasteiger partial charge in [-0.05, 0) is 30.9 Å². The van der Waals surface area contributed by atoms with Crippen molar-refractivity contribution < 1.29 is 0 Å². The zero-order valence-corrected chi connectivity index (χ0v) is 11.9. The maximum atomic E-state index is 4.51. The van der Waals surface area contributed by atoms with Gasteiger partial charge in [-0.15, -0.1) is 0 Å². The second kappa shape index (κ2) is 5.22. The Morgan fingerprint density at radius 1 is 1.17 bits per heavy atom. The smallest absolute Gasteiger partial charge is 0.225 e. The minimum atomic E-state index is 0.123. The molecule has 2 rings (SSSR count). The van der Waals surface area contributed by atoms with Crippen LogP contribution in [0.2, 0.25) is 0 Å². The van der Waals surface area contributed by atoms with Gasteiger partial charge in [0.05, 0.1) is 0 Å². The van der Waals surface area contributed by atoms with Crippen molar-refractivity contribution in [1.82, 2.24) is 15.3 Å². The number of nitrogens with one attached hydrogen (secondary N) is 1. The van der Waals surface area contributed by atoms with Crippen LogP contribution in [0.1, 0.15) is 39.2 Å². The van der Waals surface area contributed by atoms with Gasteiger partial charge in [0.1, 0.15) is 0 Å². The summed E-state index contributed by atoms with van der Waals surface area (Å²) in [5, 5.41) is 3.34. The molecule has 0 saturated carbocycles. The molecule has 4 nitrogen and oxygen atoms in total. The standard InChI is InChI=1S/C14H24N4/c1-14(2,3)11-9-16-13(17-10-11)18-7-5-12(15-4)6-8-18/h9-10,12,15H,5-8H2,1-4H3. The molecule has 0 atom stereocenters. The van der Waals surface area contributed by atoms with E-state index in [4.69, 9.17) is 0 Å². The Labute approximate surface area is 110 Å². The molecule has 1 saturated heterocycles. The van der Waals surface area contributed by atoms with Crippen molar-refractivity contribution in [3.05, 3.63) is 18.0 Å². The van der Waals surface area contributed by atoms with Crippen molar-refractivity contribution in [3.63, 3.8) is 0 Å². The van der Waals surface area contributed by atoms with Gasteiger partial charge in [-0.2, -0.15) is 0 Å². The normalized spacial score (nSPS) is 18.1. The second-order valence-electron chi connectivity index (χ2n) is 6.07. The summed E-state index contributed by atoms with van der Waals surface area (Å²) in [6.07, 6.45) is 6.26. The summed E-state index contributed by atoms with van der Waals surface area (Å²) < 4.78 is 0. The van der Waals surface area contributed by atoms with Gasteiger partial charge in [-0.25, -0.2) is 9.97 Å². The van der Waals surface area contributed by atoms with E-state index in [-0.39, 0.29) is 5.41 Å². The number of aromatic nitrogens is 2. The van der Waals surface area contributed by atoms with E-state index in [0.717, 1.165) is 19.0 Å². The van der Waals surface area contributed by atoms with E-state index in [9.17, 15) is 0 Å². The lowest BCUT2D eigenvalue weighted by Crippen LogP contribution is -2.41. The maximum Gasteiger partial charge on any atom is 0.225 e. The fourth-order valence-corrected chi connectivity index (χ4v) is 2.24. The van der Waals surface area contributed by atoms with E-state index in [1.54, 1.807) is 0 Å². The van der Waals surface area contributed by atoms with Crippen LogP contribution in [0.25, 0.3) is 0 Å². The van der Waals surface area contributed by atoms with Crippen molar-refractivity contribution >= 4 is 5.95 Å². The molecule has 1 aromatic rings. The highest BCUT2D eigenvalue weighted by molar-refractivity contribution is 5.32. The van der Waals surface area contributed by atoms with E-state index < -0.39 is 0 Å². The summed E-state index contributed by atoms with van der Waals surface area (Å²) in [6.45, 7) is 8.64. The average molecular weight is 248 g/mol. The number of rotatable bonds is 2. The summed E-state index contributed by atoms with van der Waals surface area (Å²) in [4.78, 5) is 11.3. The zero-order valence-electron chi connectivity index (χ0n) is 11.9. The Hall–Kier alpha value is -1.16. The minimum Gasteiger partial charge on any atom is -0.341 e. The monoisotopic (exact) mass is 248 g/mol. The zero-order chi connectivity index (χ0) is 13.2. The summed E-state index contributed by atoms with van der Waals surface area (Å²) >= 11 is 0. The quantitative estimate of drug-likeness (QED) is 0.868. The lowest BCUT2D eigenvalue weighted by Gasteiger charge is -2.32. The Morgan fingerprint density at radius 3 is 2.17 bits per heavy atom. The van der Waals surface area contributed by atoms with Crippen LogP contribution in [0.3, 0.4) is 0 Å². The third-order valence-corrected chi connectivity index (χ3v) is 3.69. The minimum absolute atomic E-state index is 0.123. The van der Waals surface area contributed by atoms with Crippen molar-refractivity contribution in [2.24, 2.45) is 0 Å². The molecule has 0 amide bonds. The molecule has 0 aliphatic carbocycles. The molecular weight excluding hydrogens is 224 g/mol. The van der Waals surface area contributed by atoms with Crippen molar-refractivity contribution in [3.8, 4) is 0 Å². The van der Waals surface area contributed by atoms with Crippen LogP contribution in [0.5, 0.6) is 0 Å². The van der Waals surface area contributed by atoms with Gasteiger partial charge in [0.15, 0.2) is 0 Å². The third-order valence-electron chi connectivity index (χ3n) is 3.69. The fourth-order valence-electron chi connectivity index (χ4n) is 2.24. The van der Waals surface area contributed by atoms with Crippen LogP contribution in [0, 0.1) is 0 Å². The van der Waals surface area contributed by atoms with Gasteiger partial charge >= 0.3 is 0 Å². The molecule has 2 heterocycles. The van der Waals surface area contributed by atoms with Crippen molar-refractivity contribution in [1.29, 1.82) is 0 Å². The molecule has 4 heteroatoms. The fraction of sp³-hybridized carbons (Fsp3) is 0.714. The van der Waals surface area contributed by atoms with Gasteiger partial charge in [0.25, 0.3) is 0 Å². The number of piperidine rings is 1. The number of nitrogens with zero attached hydrogens (tertiary/aromatic N) is 3. The molecule has 100 valence electrons. The molecular formula is C14H24N4. The first kappa shape index (κ1) is 13.3. The number of hydrogen-bond donors (Lipinski definition) is 1. The maximum absolute atomic E-state index is 4.51. The molecule has 1 aromatic heterocycles. The molecule has 1 N–H and O–H groups in total. The van der Waals surface area contributed by atoms with Gasteiger partial charge in [-0.3, -0.25) is 0 Å². The molecule has 0 bridgehead atoms. The molecule has 0 aromatic carbocycles. The first-order valence-electron chi connectivity index (χ1n) is 6.75. The SMILES string of the molecule is CNC1CCN(c2ncc(C(C)(C)C)cn2)CC1. The summed E-state index contributed by atoms with van der Waals surface area (Å²) in [7, 11) is 2.04. The first-order chi connectivity index (χ1) is 8.50. The summed E-state index contributed by atoms with van der Waals surface area (Å²) in [5.74, 6) is 0.873. The highest BCUT2D eigenvalue weighted by atomic mass is 15.3. The molecule has 18 heavy (non-hydrogen) atoms. The third kappa shape index (κ3) is 2.99. The van der Waals surface area contributed by atoms with Crippen molar-refractivity contribution in [2.45, 2.75) is 45.1 Å². The highest BCUT2D eigenvalue weighted by Gasteiger charge is 2.20. The van der Waals surface area contributed by atoms with E-state index in [2.05, 4.69) is 41.0 Å². The van der Waals surface area contributed by atoms with E-state index in [1.165, 1.54) is 18.4 Å². The van der Waals surface area contributed by atoms with Crippen LogP contribution < -0.4 is 10.2 Å². The Morgan fingerprint density at radius 2 is 1.72 bits per heavy atom. The lowest BCUT2D eigenvalue weighted by molar-refractivity contribution is 0.438. The van der Waals surface area contributed by atoms with Crippen molar-refractivity contribution in [2.75, 3.05) is 25.0 Å². The first-order valence-corrected chi connectivity index (χ1v) is 6.75. The molecule has 0 spiro atoms. The van der Waals surface area contributed by atoms with Gasteiger partial charge in [0.2, 0.25) is 5.95 Å². The van der Waals surface area contributed by atoms with E-state index in [0.29, 0.717) is 6.04 Å². The van der Waals surface area contributed by atoms with E-state index >= 15 is 0 Å². The molecule has 1 aliphatic rings. The molecule has 1 aliphatic heterocycles. The van der Waals surface area contributed by atoms with Gasteiger partial charge in [-0.1, -0.05) is 20.8 Å². The van der Waals surface area contributed by atoms with Gasteiger partial charge in [0, 0.05) is 31.5 Å². The van der Waals surface area contributed by atoms with Gasteiger partial charge < -0.3 is 10.2 Å². The van der Waals surface area contributed by atoms with Crippen LogP contribution in [-0.4, -0.2) is 36.1 Å².